The lowest BCUT2D eigenvalue weighted by molar-refractivity contribution is 0.0693. The van der Waals surface area contributed by atoms with E-state index in [9.17, 15) is 14.4 Å². The summed E-state index contributed by atoms with van der Waals surface area (Å²) in [4.78, 5) is 37.4. The Labute approximate surface area is 161 Å². The Morgan fingerprint density at radius 3 is 2.57 bits per heavy atom. The minimum Gasteiger partial charge on any atom is -0.491 e. The SMILES string of the molecule is CN1C(=O)c2ccc(C(=O)NCCOc3cccc4ccccc34)cc2C1=O. The molecule has 0 aliphatic carbocycles. The van der Waals surface area contributed by atoms with Crippen molar-refractivity contribution < 1.29 is 19.1 Å². The van der Waals surface area contributed by atoms with Gasteiger partial charge in [-0.2, -0.15) is 0 Å². The molecule has 1 aliphatic rings. The maximum absolute atomic E-state index is 12.4. The van der Waals surface area contributed by atoms with Crippen molar-refractivity contribution in [1.29, 1.82) is 0 Å². The number of imide groups is 1. The molecule has 1 heterocycles. The van der Waals surface area contributed by atoms with Gasteiger partial charge in [0.15, 0.2) is 0 Å². The highest BCUT2D eigenvalue weighted by molar-refractivity contribution is 6.21. The van der Waals surface area contributed by atoms with E-state index in [1.54, 1.807) is 6.07 Å². The van der Waals surface area contributed by atoms with Gasteiger partial charge in [-0.25, -0.2) is 0 Å². The average molecular weight is 374 g/mol. The normalized spacial score (nSPS) is 13.0. The maximum Gasteiger partial charge on any atom is 0.261 e. The zero-order chi connectivity index (χ0) is 19.7. The van der Waals surface area contributed by atoms with Crippen molar-refractivity contribution in [1.82, 2.24) is 10.2 Å². The molecule has 0 bridgehead atoms. The molecule has 0 saturated heterocycles. The van der Waals surface area contributed by atoms with Gasteiger partial charge in [-0.3, -0.25) is 19.3 Å². The molecule has 3 amide bonds. The van der Waals surface area contributed by atoms with Crippen LogP contribution in [0.1, 0.15) is 31.1 Å². The minimum atomic E-state index is -0.395. The summed E-state index contributed by atoms with van der Waals surface area (Å²) in [5, 5.41) is 4.88. The number of nitrogens with zero attached hydrogens (tertiary/aromatic N) is 1. The molecule has 4 rings (SSSR count). The number of rotatable bonds is 5. The lowest BCUT2D eigenvalue weighted by atomic mass is 10.1. The molecule has 140 valence electrons. The van der Waals surface area contributed by atoms with Gasteiger partial charge in [0.05, 0.1) is 17.7 Å². The van der Waals surface area contributed by atoms with Crippen molar-refractivity contribution in [2.45, 2.75) is 0 Å². The van der Waals surface area contributed by atoms with E-state index in [0.717, 1.165) is 21.4 Å². The van der Waals surface area contributed by atoms with E-state index in [-0.39, 0.29) is 17.4 Å². The van der Waals surface area contributed by atoms with Gasteiger partial charge in [-0.15, -0.1) is 0 Å². The second-order valence-corrected chi connectivity index (χ2v) is 6.51. The third-order valence-corrected chi connectivity index (χ3v) is 4.75. The molecule has 0 aromatic heterocycles. The van der Waals surface area contributed by atoms with Crippen LogP contribution in [0.25, 0.3) is 10.8 Å². The summed E-state index contributed by atoms with van der Waals surface area (Å²) in [6, 6.07) is 18.3. The molecule has 0 radical (unpaired) electrons. The number of hydrogen-bond acceptors (Lipinski definition) is 4. The summed E-state index contributed by atoms with van der Waals surface area (Å²) in [7, 11) is 1.43. The molecule has 28 heavy (non-hydrogen) atoms. The molecular formula is C22H18N2O4. The summed E-state index contributed by atoms with van der Waals surface area (Å²) in [5.74, 6) is -0.305. The van der Waals surface area contributed by atoms with Gasteiger partial charge in [0.1, 0.15) is 12.4 Å². The van der Waals surface area contributed by atoms with Crippen LogP contribution in [0.4, 0.5) is 0 Å². The van der Waals surface area contributed by atoms with Crippen LogP contribution in [0.15, 0.2) is 60.7 Å². The lowest BCUT2D eigenvalue weighted by Gasteiger charge is -2.10. The number of carbonyl (C=O) groups excluding carboxylic acids is 3. The Kier molecular flexibility index (Phi) is 4.53. The van der Waals surface area contributed by atoms with Gasteiger partial charge < -0.3 is 10.1 Å². The van der Waals surface area contributed by atoms with E-state index >= 15 is 0 Å². The fraction of sp³-hybridized carbons (Fsp3) is 0.136. The predicted octanol–water partition coefficient (Wildman–Crippen LogP) is 2.87. The number of nitrogens with one attached hydrogen (secondary N) is 1. The zero-order valence-electron chi connectivity index (χ0n) is 15.3. The van der Waals surface area contributed by atoms with Gasteiger partial charge >= 0.3 is 0 Å². The fourth-order valence-electron chi connectivity index (χ4n) is 3.25. The molecule has 0 fully saturated rings. The number of hydrogen-bond donors (Lipinski definition) is 1. The van der Waals surface area contributed by atoms with Crippen molar-refractivity contribution in [3.8, 4) is 5.75 Å². The Morgan fingerprint density at radius 1 is 0.964 bits per heavy atom. The second kappa shape index (κ2) is 7.15. The largest absolute Gasteiger partial charge is 0.491 e. The first-order valence-electron chi connectivity index (χ1n) is 8.91. The smallest absolute Gasteiger partial charge is 0.261 e. The Hall–Kier alpha value is -3.67. The molecule has 1 N–H and O–H groups in total. The highest BCUT2D eigenvalue weighted by atomic mass is 16.5. The fourth-order valence-corrected chi connectivity index (χ4v) is 3.25. The number of amides is 3. The van der Waals surface area contributed by atoms with Crippen LogP contribution in [-0.4, -0.2) is 42.8 Å². The highest BCUT2D eigenvalue weighted by Gasteiger charge is 2.33. The molecule has 0 spiro atoms. The van der Waals surface area contributed by atoms with Gasteiger partial charge in [-0.1, -0.05) is 36.4 Å². The van der Waals surface area contributed by atoms with Crippen LogP contribution < -0.4 is 10.1 Å². The van der Waals surface area contributed by atoms with Gasteiger partial charge in [-0.05, 0) is 29.7 Å². The monoisotopic (exact) mass is 374 g/mol. The Morgan fingerprint density at radius 2 is 1.71 bits per heavy atom. The molecule has 3 aromatic rings. The van der Waals surface area contributed by atoms with Crippen molar-refractivity contribution in [3.05, 3.63) is 77.4 Å². The minimum absolute atomic E-state index is 0.257. The Balaban J connectivity index is 1.38. The van der Waals surface area contributed by atoms with Crippen LogP contribution in [0, 0.1) is 0 Å². The third kappa shape index (κ3) is 3.09. The summed E-state index contributed by atoms with van der Waals surface area (Å²) < 4.78 is 5.80. The van der Waals surface area contributed by atoms with Crippen LogP contribution in [0.2, 0.25) is 0 Å². The van der Waals surface area contributed by atoms with E-state index in [2.05, 4.69) is 5.32 Å². The first kappa shape index (κ1) is 17.7. The number of fused-ring (bicyclic) bond motifs is 2. The van der Waals surface area contributed by atoms with E-state index < -0.39 is 5.91 Å². The lowest BCUT2D eigenvalue weighted by Crippen LogP contribution is -2.28. The number of benzene rings is 3. The standard InChI is InChI=1S/C22H18N2O4/c1-24-21(26)17-10-9-15(13-18(17)22(24)27)20(25)23-11-12-28-19-8-4-6-14-5-2-3-7-16(14)19/h2-10,13H,11-12H2,1H3,(H,23,25). The Bertz CT molecular complexity index is 1100. The quantitative estimate of drug-likeness (QED) is 0.550. The molecule has 6 heteroatoms. The van der Waals surface area contributed by atoms with Crippen LogP contribution in [0.5, 0.6) is 5.75 Å². The number of carbonyl (C=O) groups is 3. The highest BCUT2D eigenvalue weighted by Crippen LogP contribution is 2.25. The van der Waals surface area contributed by atoms with Crippen molar-refractivity contribution in [2.24, 2.45) is 0 Å². The van der Waals surface area contributed by atoms with Gasteiger partial charge in [0, 0.05) is 18.0 Å². The van der Waals surface area contributed by atoms with E-state index in [0.29, 0.717) is 24.3 Å². The van der Waals surface area contributed by atoms with Gasteiger partial charge in [0.2, 0.25) is 0 Å². The molecule has 1 aliphatic heterocycles. The molecule has 0 saturated carbocycles. The van der Waals surface area contributed by atoms with Crippen molar-refractivity contribution in [2.75, 3.05) is 20.2 Å². The molecular weight excluding hydrogens is 356 g/mol. The second-order valence-electron chi connectivity index (χ2n) is 6.51. The van der Waals surface area contributed by atoms with Crippen molar-refractivity contribution in [3.63, 3.8) is 0 Å². The first-order valence-corrected chi connectivity index (χ1v) is 8.91. The number of ether oxygens (including phenoxy) is 1. The average Bonchev–Trinajstić information content (AvgIpc) is 2.95. The van der Waals surface area contributed by atoms with Crippen molar-refractivity contribution >= 4 is 28.5 Å². The zero-order valence-corrected chi connectivity index (χ0v) is 15.3. The topological polar surface area (TPSA) is 75.7 Å². The van der Waals surface area contributed by atoms with Crippen LogP contribution in [0.3, 0.4) is 0 Å². The summed E-state index contributed by atoms with van der Waals surface area (Å²) >= 11 is 0. The van der Waals surface area contributed by atoms with Crippen LogP contribution in [-0.2, 0) is 0 Å². The van der Waals surface area contributed by atoms with E-state index in [1.807, 2.05) is 42.5 Å². The molecule has 0 atom stereocenters. The summed E-state index contributed by atoms with van der Waals surface area (Å²) in [6.45, 7) is 0.622. The van der Waals surface area contributed by atoms with Gasteiger partial charge in [0.25, 0.3) is 17.7 Å². The molecule has 6 nitrogen and oxygen atoms in total. The van der Waals surface area contributed by atoms with Crippen LogP contribution >= 0.6 is 0 Å². The maximum atomic E-state index is 12.4. The molecule has 3 aromatic carbocycles. The predicted molar refractivity (Wildman–Crippen MR) is 105 cm³/mol. The molecule has 0 unspecified atom stereocenters. The summed E-state index contributed by atoms with van der Waals surface area (Å²) in [5.41, 5.74) is 0.913. The first-order chi connectivity index (χ1) is 13.6. The third-order valence-electron chi connectivity index (χ3n) is 4.75. The van der Waals surface area contributed by atoms with E-state index in [1.165, 1.54) is 19.2 Å². The van der Waals surface area contributed by atoms with E-state index in [4.69, 9.17) is 4.74 Å². The summed E-state index contributed by atoms with van der Waals surface area (Å²) in [6.07, 6.45) is 0.